The number of piperazine rings is 1. The molecule has 0 aliphatic carbocycles. The van der Waals surface area contributed by atoms with Gasteiger partial charge in [-0.25, -0.2) is 9.78 Å². The topological polar surface area (TPSA) is 90.6 Å². The number of hydrogen-bond acceptors (Lipinski definition) is 5. The van der Waals surface area contributed by atoms with E-state index in [0.29, 0.717) is 13.1 Å². The molecule has 4 rings (SSSR count). The molecule has 32 heavy (non-hydrogen) atoms. The summed E-state index contributed by atoms with van der Waals surface area (Å²) in [5.41, 5.74) is 3.50. The summed E-state index contributed by atoms with van der Waals surface area (Å²) >= 11 is 0. The van der Waals surface area contributed by atoms with E-state index < -0.39 is 11.7 Å². The number of anilines is 1. The van der Waals surface area contributed by atoms with Gasteiger partial charge in [0.25, 0.3) is 0 Å². The molecule has 0 saturated carbocycles. The fraction of sp³-hybridized carbons (Fsp3) is 0.375. The summed E-state index contributed by atoms with van der Waals surface area (Å²) in [4.78, 5) is 36.3. The van der Waals surface area contributed by atoms with Crippen molar-refractivity contribution < 1.29 is 14.3 Å². The van der Waals surface area contributed by atoms with Crippen molar-refractivity contribution in [3.05, 3.63) is 48.5 Å². The first kappa shape index (κ1) is 21.7. The highest BCUT2D eigenvalue weighted by molar-refractivity contribution is 5.83. The zero-order valence-corrected chi connectivity index (χ0v) is 18.7. The van der Waals surface area contributed by atoms with Crippen molar-refractivity contribution in [2.45, 2.75) is 26.4 Å². The SMILES string of the molecule is CC(C)(C)OC(=O)NCC(=O)N1CCN(c2cccc(-c3nc4ccccc4[nH]3)c2)CC1. The fourth-order valence-corrected chi connectivity index (χ4v) is 3.73. The molecular formula is C24H29N5O3. The van der Waals surface area contributed by atoms with Gasteiger partial charge in [0.2, 0.25) is 5.91 Å². The van der Waals surface area contributed by atoms with E-state index in [0.717, 1.165) is 41.2 Å². The lowest BCUT2D eigenvalue weighted by Crippen LogP contribution is -2.51. The molecule has 1 aromatic heterocycles. The number of carbonyl (C=O) groups excluding carboxylic acids is 2. The third-order valence-corrected chi connectivity index (χ3v) is 5.29. The van der Waals surface area contributed by atoms with Gasteiger partial charge in [0.05, 0.1) is 11.0 Å². The van der Waals surface area contributed by atoms with Crippen LogP contribution in [0.4, 0.5) is 10.5 Å². The Morgan fingerprint density at radius 3 is 2.53 bits per heavy atom. The molecule has 0 spiro atoms. The van der Waals surface area contributed by atoms with E-state index in [2.05, 4.69) is 32.3 Å². The summed E-state index contributed by atoms with van der Waals surface area (Å²) in [6, 6.07) is 16.3. The van der Waals surface area contributed by atoms with Crippen LogP contribution < -0.4 is 10.2 Å². The Morgan fingerprint density at radius 2 is 1.81 bits per heavy atom. The number of aromatic amines is 1. The molecule has 1 saturated heterocycles. The van der Waals surface area contributed by atoms with Crippen molar-refractivity contribution in [3.8, 4) is 11.4 Å². The normalized spacial score (nSPS) is 14.5. The maximum absolute atomic E-state index is 12.5. The van der Waals surface area contributed by atoms with Crippen molar-refractivity contribution in [2.24, 2.45) is 0 Å². The number of ether oxygens (including phenoxy) is 1. The van der Waals surface area contributed by atoms with E-state index in [4.69, 9.17) is 4.74 Å². The summed E-state index contributed by atoms with van der Waals surface area (Å²) in [5.74, 6) is 0.738. The number of amides is 2. The number of imidazole rings is 1. The molecule has 0 atom stereocenters. The highest BCUT2D eigenvalue weighted by atomic mass is 16.6. The number of carbonyl (C=O) groups is 2. The molecular weight excluding hydrogens is 406 g/mol. The molecule has 0 unspecified atom stereocenters. The van der Waals surface area contributed by atoms with Gasteiger partial charge in [0, 0.05) is 37.4 Å². The summed E-state index contributed by atoms with van der Waals surface area (Å²) in [7, 11) is 0. The van der Waals surface area contributed by atoms with E-state index in [1.165, 1.54) is 0 Å². The molecule has 1 fully saturated rings. The van der Waals surface area contributed by atoms with Crippen molar-refractivity contribution in [1.82, 2.24) is 20.2 Å². The number of H-pyrrole nitrogens is 1. The van der Waals surface area contributed by atoms with Crippen LogP contribution >= 0.6 is 0 Å². The van der Waals surface area contributed by atoms with Gasteiger partial charge >= 0.3 is 6.09 Å². The number of para-hydroxylation sites is 2. The number of aromatic nitrogens is 2. The van der Waals surface area contributed by atoms with Gasteiger partial charge in [0.1, 0.15) is 18.0 Å². The van der Waals surface area contributed by atoms with E-state index in [1.807, 2.05) is 36.4 Å². The van der Waals surface area contributed by atoms with Crippen molar-refractivity contribution in [1.29, 1.82) is 0 Å². The third-order valence-electron chi connectivity index (χ3n) is 5.29. The molecule has 3 aromatic rings. The van der Waals surface area contributed by atoms with E-state index >= 15 is 0 Å². The van der Waals surface area contributed by atoms with Crippen molar-refractivity contribution in [2.75, 3.05) is 37.6 Å². The minimum atomic E-state index is -0.588. The quantitative estimate of drug-likeness (QED) is 0.656. The van der Waals surface area contributed by atoms with Gasteiger partial charge in [-0.05, 0) is 45.0 Å². The molecule has 8 heteroatoms. The second kappa shape index (κ2) is 8.90. The zero-order valence-electron chi connectivity index (χ0n) is 18.7. The van der Waals surface area contributed by atoms with Gasteiger partial charge in [-0.3, -0.25) is 4.79 Å². The van der Waals surface area contributed by atoms with Gasteiger partial charge < -0.3 is 24.8 Å². The average Bonchev–Trinajstić information content (AvgIpc) is 3.21. The number of fused-ring (bicyclic) bond motifs is 1. The first-order valence-corrected chi connectivity index (χ1v) is 10.8. The Hall–Kier alpha value is -3.55. The van der Waals surface area contributed by atoms with E-state index in [1.54, 1.807) is 25.7 Å². The first-order valence-electron chi connectivity index (χ1n) is 10.8. The summed E-state index contributed by atoms with van der Waals surface area (Å²) in [5, 5.41) is 2.54. The van der Waals surface area contributed by atoms with E-state index in [-0.39, 0.29) is 12.5 Å². The minimum Gasteiger partial charge on any atom is -0.444 e. The Morgan fingerprint density at radius 1 is 1.06 bits per heavy atom. The molecule has 1 aliphatic rings. The molecule has 0 radical (unpaired) electrons. The van der Waals surface area contributed by atoms with Crippen LogP contribution in [0, 0.1) is 0 Å². The third kappa shape index (κ3) is 5.19. The fourth-order valence-electron chi connectivity index (χ4n) is 3.73. The Balaban J connectivity index is 1.34. The number of nitrogens with zero attached hydrogens (tertiary/aromatic N) is 3. The molecule has 2 amide bonds. The standard InChI is InChI=1S/C24H29N5O3/c1-24(2,3)32-23(31)25-16-21(30)29-13-11-28(12-14-29)18-8-6-7-17(15-18)22-26-19-9-4-5-10-20(19)27-22/h4-10,15H,11-14,16H2,1-3H3,(H,25,31)(H,26,27). The summed E-state index contributed by atoms with van der Waals surface area (Å²) < 4.78 is 5.18. The Labute approximate surface area is 187 Å². The highest BCUT2D eigenvalue weighted by Crippen LogP contribution is 2.25. The number of hydrogen-bond donors (Lipinski definition) is 2. The maximum Gasteiger partial charge on any atom is 0.408 e. The largest absolute Gasteiger partial charge is 0.444 e. The second-order valence-corrected chi connectivity index (χ2v) is 8.88. The molecule has 168 valence electrons. The average molecular weight is 436 g/mol. The number of benzene rings is 2. The molecule has 8 nitrogen and oxygen atoms in total. The van der Waals surface area contributed by atoms with Crippen LogP contribution in [-0.2, 0) is 9.53 Å². The lowest BCUT2D eigenvalue weighted by atomic mass is 10.1. The minimum absolute atomic E-state index is 0.0591. The van der Waals surface area contributed by atoms with Crippen LogP contribution in [-0.4, -0.2) is 65.2 Å². The van der Waals surface area contributed by atoms with Crippen LogP contribution in [0.5, 0.6) is 0 Å². The van der Waals surface area contributed by atoms with E-state index in [9.17, 15) is 9.59 Å². The number of rotatable bonds is 4. The van der Waals surface area contributed by atoms with Gasteiger partial charge in [-0.1, -0.05) is 24.3 Å². The lowest BCUT2D eigenvalue weighted by Gasteiger charge is -2.36. The summed E-state index contributed by atoms with van der Waals surface area (Å²) in [6.07, 6.45) is -0.577. The second-order valence-electron chi connectivity index (χ2n) is 8.88. The Bertz CT molecular complexity index is 1080. The van der Waals surface area contributed by atoms with Crippen LogP contribution in [0.2, 0.25) is 0 Å². The number of alkyl carbamates (subject to hydrolysis) is 1. The number of nitrogens with one attached hydrogen (secondary N) is 2. The van der Waals surface area contributed by atoms with Crippen LogP contribution in [0.3, 0.4) is 0 Å². The maximum atomic E-state index is 12.5. The van der Waals surface area contributed by atoms with Gasteiger partial charge in [-0.15, -0.1) is 0 Å². The zero-order chi connectivity index (χ0) is 22.7. The van der Waals surface area contributed by atoms with Crippen molar-refractivity contribution >= 4 is 28.7 Å². The monoisotopic (exact) mass is 435 g/mol. The van der Waals surface area contributed by atoms with Crippen molar-refractivity contribution in [3.63, 3.8) is 0 Å². The highest BCUT2D eigenvalue weighted by Gasteiger charge is 2.23. The molecule has 2 aromatic carbocycles. The molecule has 0 bridgehead atoms. The van der Waals surface area contributed by atoms with Gasteiger partial charge in [0.15, 0.2) is 0 Å². The molecule has 2 N–H and O–H groups in total. The predicted molar refractivity (Wildman–Crippen MR) is 125 cm³/mol. The van der Waals surface area contributed by atoms with Crippen LogP contribution in [0.1, 0.15) is 20.8 Å². The predicted octanol–water partition coefficient (Wildman–Crippen LogP) is 3.40. The molecule has 2 heterocycles. The van der Waals surface area contributed by atoms with Crippen LogP contribution in [0.25, 0.3) is 22.4 Å². The van der Waals surface area contributed by atoms with Crippen LogP contribution in [0.15, 0.2) is 48.5 Å². The smallest absolute Gasteiger partial charge is 0.408 e. The lowest BCUT2D eigenvalue weighted by molar-refractivity contribution is -0.130. The Kier molecular flexibility index (Phi) is 6.03. The molecule has 1 aliphatic heterocycles. The first-order chi connectivity index (χ1) is 15.3. The summed E-state index contributed by atoms with van der Waals surface area (Å²) in [6.45, 7) is 7.96. The van der Waals surface area contributed by atoms with Gasteiger partial charge in [-0.2, -0.15) is 0 Å².